The van der Waals surface area contributed by atoms with Crippen molar-refractivity contribution in [2.45, 2.75) is 57.4 Å². The molecule has 1 unspecified atom stereocenters. The Balaban J connectivity index is 0.00000182. The van der Waals surface area contributed by atoms with Crippen LogP contribution in [-0.4, -0.2) is 40.3 Å². The van der Waals surface area contributed by atoms with Gasteiger partial charge in [0.25, 0.3) is 0 Å². The molecular weight excluding hydrogens is 387 g/mol. The summed E-state index contributed by atoms with van der Waals surface area (Å²) >= 11 is 0. The lowest BCUT2D eigenvalue weighted by Gasteiger charge is -2.40. The molecule has 2 heterocycles. The first-order valence-corrected chi connectivity index (χ1v) is 9.31. The number of nitrogens with one attached hydrogen (secondary N) is 1. The number of halogens is 2. The minimum absolute atomic E-state index is 0. The van der Waals surface area contributed by atoms with E-state index < -0.39 is 5.54 Å². The van der Waals surface area contributed by atoms with E-state index in [1.54, 1.807) is 6.07 Å². The molecule has 1 aromatic rings. The minimum atomic E-state index is -0.727. The van der Waals surface area contributed by atoms with Gasteiger partial charge in [-0.05, 0) is 44.7 Å². The van der Waals surface area contributed by atoms with Gasteiger partial charge in [0.05, 0.1) is 11.5 Å². The highest BCUT2D eigenvalue weighted by Crippen LogP contribution is 2.29. The van der Waals surface area contributed by atoms with Crippen molar-refractivity contribution in [1.29, 1.82) is 0 Å². The van der Waals surface area contributed by atoms with Gasteiger partial charge in [-0.25, -0.2) is 4.98 Å². The molecule has 2 fully saturated rings. The van der Waals surface area contributed by atoms with Gasteiger partial charge in [-0.15, -0.1) is 24.8 Å². The Kier molecular flexibility index (Phi) is 8.99. The molecule has 1 atom stereocenters. The fraction of sp³-hybridized carbons (Fsp3) is 0.632. The zero-order valence-corrected chi connectivity index (χ0v) is 17.4. The molecule has 0 bridgehead atoms. The lowest BCUT2D eigenvalue weighted by molar-refractivity contribution is -0.141. The number of hydrogen-bond donors (Lipinski definition) is 2. The third kappa shape index (κ3) is 5.80. The number of anilines is 1. The highest BCUT2D eigenvalue weighted by molar-refractivity contribution is 5.93. The standard InChI is InChI=1S/C19H28N4O2.2ClH/c1-14-7-5-9-16(21-14)22-17(24)15-8-6-12-23(13-15)18(25)19(20)10-3-2-4-11-19;;/h5,7,9,15H,2-4,6,8,10-13,20H2,1H3,(H,21,22,24);2*1H. The van der Waals surface area contributed by atoms with Gasteiger partial charge in [0.1, 0.15) is 5.82 Å². The summed E-state index contributed by atoms with van der Waals surface area (Å²) in [7, 11) is 0. The molecule has 0 aromatic carbocycles. The Morgan fingerprint density at radius 1 is 1.19 bits per heavy atom. The molecule has 6 nitrogen and oxygen atoms in total. The summed E-state index contributed by atoms with van der Waals surface area (Å²) in [6, 6.07) is 5.55. The van der Waals surface area contributed by atoms with Crippen LogP contribution in [0.25, 0.3) is 0 Å². The van der Waals surface area contributed by atoms with Gasteiger partial charge in [0.15, 0.2) is 0 Å². The molecular formula is C19H30Cl2N4O2. The van der Waals surface area contributed by atoms with Crippen molar-refractivity contribution in [1.82, 2.24) is 9.88 Å². The van der Waals surface area contributed by atoms with Crippen LogP contribution >= 0.6 is 24.8 Å². The van der Waals surface area contributed by atoms with Crippen molar-refractivity contribution < 1.29 is 9.59 Å². The molecule has 3 rings (SSSR count). The second kappa shape index (κ2) is 10.2. The minimum Gasteiger partial charge on any atom is -0.340 e. The number of carbonyl (C=O) groups is 2. The van der Waals surface area contributed by atoms with Crippen molar-refractivity contribution in [3.8, 4) is 0 Å². The number of aromatic nitrogens is 1. The quantitative estimate of drug-likeness (QED) is 0.791. The van der Waals surface area contributed by atoms with E-state index in [1.807, 2.05) is 24.0 Å². The molecule has 0 radical (unpaired) electrons. The van der Waals surface area contributed by atoms with E-state index >= 15 is 0 Å². The molecule has 1 aromatic heterocycles. The molecule has 2 aliphatic rings. The highest BCUT2D eigenvalue weighted by atomic mass is 35.5. The average molecular weight is 417 g/mol. The first-order valence-electron chi connectivity index (χ1n) is 9.31. The highest BCUT2D eigenvalue weighted by Gasteiger charge is 2.40. The Morgan fingerprint density at radius 3 is 2.56 bits per heavy atom. The van der Waals surface area contributed by atoms with E-state index in [4.69, 9.17) is 5.73 Å². The summed E-state index contributed by atoms with van der Waals surface area (Å²) < 4.78 is 0. The van der Waals surface area contributed by atoms with Crippen LogP contribution in [0.15, 0.2) is 18.2 Å². The second-order valence-corrected chi connectivity index (χ2v) is 7.46. The molecule has 1 saturated carbocycles. The Labute approximate surface area is 173 Å². The maximum absolute atomic E-state index is 12.9. The van der Waals surface area contributed by atoms with E-state index in [1.165, 1.54) is 0 Å². The van der Waals surface area contributed by atoms with Gasteiger partial charge in [0, 0.05) is 18.8 Å². The van der Waals surface area contributed by atoms with Crippen LogP contribution in [0.5, 0.6) is 0 Å². The molecule has 1 saturated heterocycles. The van der Waals surface area contributed by atoms with E-state index in [-0.39, 0.29) is 42.5 Å². The van der Waals surface area contributed by atoms with Crippen LogP contribution in [-0.2, 0) is 9.59 Å². The lowest BCUT2D eigenvalue weighted by Crippen LogP contribution is -2.58. The second-order valence-electron chi connectivity index (χ2n) is 7.46. The summed E-state index contributed by atoms with van der Waals surface area (Å²) in [5, 5.41) is 2.88. The van der Waals surface area contributed by atoms with Crippen molar-refractivity contribution in [3.63, 3.8) is 0 Å². The number of pyridine rings is 1. The summed E-state index contributed by atoms with van der Waals surface area (Å²) in [4.78, 5) is 31.6. The average Bonchev–Trinajstić information content (AvgIpc) is 2.62. The summed E-state index contributed by atoms with van der Waals surface area (Å²) in [6.45, 7) is 3.04. The van der Waals surface area contributed by atoms with Crippen LogP contribution in [0, 0.1) is 12.8 Å². The predicted octanol–water partition coefficient (Wildman–Crippen LogP) is 3.07. The van der Waals surface area contributed by atoms with Crippen molar-refractivity contribution in [2.75, 3.05) is 18.4 Å². The first-order chi connectivity index (χ1) is 12.0. The van der Waals surface area contributed by atoms with Gasteiger partial charge >= 0.3 is 0 Å². The molecule has 27 heavy (non-hydrogen) atoms. The molecule has 2 amide bonds. The fourth-order valence-electron chi connectivity index (χ4n) is 3.93. The van der Waals surface area contributed by atoms with E-state index in [0.717, 1.165) is 50.6 Å². The zero-order valence-electron chi connectivity index (χ0n) is 15.8. The Bertz CT molecular complexity index is 650. The summed E-state index contributed by atoms with van der Waals surface area (Å²) in [5.41, 5.74) is 6.53. The third-order valence-electron chi connectivity index (χ3n) is 5.39. The Morgan fingerprint density at radius 2 is 1.89 bits per heavy atom. The summed E-state index contributed by atoms with van der Waals surface area (Å²) in [6.07, 6.45) is 6.32. The number of nitrogens with two attached hydrogens (primary N) is 1. The van der Waals surface area contributed by atoms with Crippen LogP contribution in [0.2, 0.25) is 0 Å². The fourth-order valence-corrected chi connectivity index (χ4v) is 3.93. The topological polar surface area (TPSA) is 88.3 Å². The number of piperidine rings is 1. The molecule has 152 valence electrons. The maximum atomic E-state index is 12.9. The van der Waals surface area contributed by atoms with Crippen LogP contribution < -0.4 is 11.1 Å². The lowest BCUT2D eigenvalue weighted by atomic mass is 9.81. The van der Waals surface area contributed by atoms with E-state index in [0.29, 0.717) is 18.9 Å². The zero-order chi connectivity index (χ0) is 17.9. The maximum Gasteiger partial charge on any atom is 0.242 e. The number of likely N-dealkylation sites (tertiary alicyclic amines) is 1. The third-order valence-corrected chi connectivity index (χ3v) is 5.39. The van der Waals surface area contributed by atoms with E-state index in [9.17, 15) is 9.59 Å². The van der Waals surface area contributed by atoms with E-state index in [2.05, 4.69) is 10.3 Å². The van der Waals surface area contributed by atoms with Crippen molar-refractivity contribution >= 4 is 42.4 Å². The van der Waals surface area contributed by atoms with Crippen LogP contribution in [0.4, 0.5) is 5.82 Å². The molecule has 1 aliphatic heterocycles. The molecule has 8 heteroatoms. The molecule has 1 aliphatic carbocycles. The number of aryl methyl sites for hydroxylation is 1. The van der Waals surface area contributed by atoms with Crippen LogP contribution in [0.3, 0.4) is 0 Å². The summed E-state index contributed by atoms with van der Waals surface area (Å²) in [5.74, 6) is 0.326. The molecule has 0 spiro atoms. The largest absolute Gasteiger partial charge is 0.340 e. The SMILES string of the molecule is Cc1cccc(NC(=O)C2CCCN(C(=O)C3(N)CCCCC3)C2)n1.Cl.Cl. The number of nitrogens with zero attached hydrogens (tertiary/aromatic N) is 2. The Hall–Kier alpha value is -1.37. The van der Waals surface area contributed by atoms with Crippen molar-refractivity contribution in [3.05, 3.63) is 23.9 Å². The van der Waals surface area contributed by atoms with Gasteiger partial charge in [0.2, 0.25) is 11.8 Å². The number of amides is 2. The number of hydrogen-bond acceptors (Lipinski definition) is 4. The smallest absolute Gasteiger partial charge is 0.242 e. The number of rotatable bonds is 3. The molecule has 3 N–H and O–H groups in total. The van der Waals surface area contributed by atoms with Gasteiger partial charge in [-0.1, -0.05) is 25.3 Å². The normalized spacial score (nSPS) is 21.4. The van der Waals surface area contributed by atoms with Crippen LogP contribution in [0.1, 0.15) is 50.6 Å². The van der Waals surface area contributed by atoms with Gasteiger partial charge in [-0.2, -0.15) is 0 Å². The first kappa shape index (κ1) is 23.7. The van der Waals surface area contributed by atoms with Gasteiger partial charge in [-0.3, -0.25) is 9.59 Å². The number of carbonyl (C=O) groups excluding carboxylic acids is 2. The predicted molar refractivity (Wildman–Crippen MR) is 111 cm³/mol. The van der Waals surface area contributed by atoms with Crippen molar-refractivity contribution in [2.24, 2.45) is 11.7 Å². The monoisotopic (exact) mass is 416 g/mol. The van der Waals surface area contributed by atoms with Gasteiger partial charge < -0.3 is 16.0 Å².